The number of aryl methyl sites for hydroxylation is 2. The zero-order valence-electron chi connectivity index (χ0n) is 15.1. The summed E-state index contributed by atoms with van der Waals surface area (Å²) in [4.78, 5) is 25.9. The molecule has 1 saturated heterocycles. The van der Waals surface area contributed by atoms with Gasteiger partial charge in [0.2, 0.25) is 11.8 Å². The van der Waals surface area contributed by atoms with E-state index < -0.39 is 12.1 Å². The monoisotopic (exact) mass is 357 g/mol. The van der Waals surface area contributed by atoms with Crippen molar-refractivity contribution in [2.75, 3.05) is 13.1 Å². The minimum Gasteiger partial charge on any atom is -0.453 e. The lowest BCUT2D eigenvalue weighted by molar-refractivity contribution is -0.158. The molecule has 1 fully saturated rings. The van der Waals surface area contributed by atoms with Crippen molar-refractivity contribution in [3.63, 3.8) is 0 Å². The van der Waals surface area contributed by atoms with E-state index in [1.54, 1.807) is 11.8 Å². The first-order valence-corrected chi connectivity index (χ1v) is 8.90. The molecule has 2 heterocycles. The van der Waals surface area contributed by atoms with Crippen molar-refractivity contribution in [3.05, 3.63) is 35.7 Å². The Balaban J connectivity index is 1.48. The predicted octanol–water partition coefficient (Wildman–Crippen LogP) is 2.53. The highest BCUT2D eigenvalue weighted by molar-refractivity contribution is 5.83. The molecule has 138 valence electrons. The van der Waals surface area contributed by atoms with Crippen molar-refractivity contribution in [1.82, 2.24) is 15.1 Å². The van der Waals surface area contributed by atoms with Gasteiger partial charge in [-0.05, 0) is 38.8 Å². The Bertz CT molecular complexity index is 763. The Labute approximate surface area is 152 Å². The number of benzene rings is 1. The number of aromatic nitrogens is 2. The summed E-state index contributed by atoms with van der Waals surface area (Å²) in [5, 5.41) is 7.97. The number of carbonyl (C=O) groups excluding carboxylic acids is 2. The second kappa shape index (κ2) is 8.12. The molecule has 0 saturated carbocycles. The topological polar surface area (TPSA) is 85.5 Å². The summed E-state index contributed by atoms with van der Waals surface area (Å²) < 4.78 is 10.8. The first-order chi connectivity index (χ1) is 12.5. The SMILES string of the molecule is Cc1ccc(-c2nnc(CCC(=O)OC(C)C(=O)N3CCCC3)o2)cc1. The van der Waals surface area contributed by atoms with Crippen LogP contribution < -0.4 is 0 Å². The molecule has 1 amide bonds. The van der Waals surface area contributed by atoms with Crippen molar-refractivity contribution in [2.24, 2.45) is 0 Å². The molecule has 1 aliphatic heterocycles. The fourth-order valence-corrected chi connectivity index (χ4v) is 2.88. The molecule has 0 spiro atoms. The number of nitrogens with zero attached hydrogens (tertiary/aromatic N) is 3. The summed E-state index contributed by atoms with van der Waals surface area (Å²) in [5.41, 5.74) is 1.98. The van der Waals surface area contributed by atoms with Gasteiger partial charge in [-0.1, -0.05) is 17.7 Å². The fourth-order valence-electron chi connectivity index (χ4n) is 2.88. The third-order valence-electron chi connectivity index (χ3n) is 4.38. The maximum atomic E-state index is 12.1. The van der Waals surface area contributed by atoms with Gasteiger partial charge < -0.3 is 14.1 Å². The molecule has 0 radical (unpaired) electrons. The first kappa shape index (κ1) is 18.1. The molecule has 7 heteroatoms. The van der Waals surface area contributed by atoms with Gasteiger partial charge in [-0.25, -0.2) is 0 Å². The Morgan fingerprint density at radius 1 is 1.19 bits per heavy atom. The second-order valence-electron chi connectivity index (χ2n) is 6.53. The van der Waals surface area contributed by atoms with Crippen LogP contribution in [0.25, 0.3) is 11.5 Å². The van der Waals surface area contributed by atoms with E-state index in [0.29, 0.717) is 11.8 Å². The first-order valence-electron chi connectivity index (χ1n) is 8.90. The molecule has 0 aliphatic carbocycles. The summed E-state index contributed by atoms with van der Waals surface area (Å²) in [6.07, 6.45) is 1.63. The second-order valence-corrected chi connectivity index (χ2v) is 6.53. The quantitative estimate of drug-likeness (QED) is 0.739. The number of carbonyl (C=O) groups is 2. The lowest BCUT2D eigenvalue weighted by Gasteiger charge is -2.20. The van der Waals surface area contributed by atoms with E-state index in [1.165, 1.54) is 0 Å². The van der Waals surface area contributed by atoms with E-state index >= 15 is 0 Å². The van der Waals surface area contributed by atoms with Crippen molar-refractivity contribution < 1.29 is 18.7 Å². The smallest absolute Gasteiger partial charge is 0.307 e. The van der Waals surface area contributed by atoms with Crippen molar-refractivity contribution in [3.8, 4) is 11.5 Å². The maximum Gasteiger partial charge on any atom is 0.307 e. The van der Waals surface area contributed by atoms with Crippen molar-refractivity contribution >= 4 is 11.9 Å². The minimum atomic E-state index is -0.758. The molecule has 0 bridgehead atoms. The van der Waals surface area contributed by atoms with Gasteiger partial charge in [-0.2, -0.15) is 0 Å². The third kappa shape index (κ3) is 4.47. The molecular weight excluding hydrogens is 334 g/mol. The van der Waals surface area contributed by atoms with Crippen molar-refractivity contribution in [2.45, 2.75) is 45.6 Å². The molecule has 0 N–H and O–H groups in total. The van der Waals surface area contributed by atoms with E-state index in [1.807, 2.05) is 31.2 Å². The molecule has 26 heavy (non-hydrogen) atoms. The Morgan fingerprint density at radius 2 is 1.88 bits per heavy atom. The van der Waals surface area contributed by atoms with Crippen LogP contribution in [0.4, 0.5) is 0 Å². The molecule has 1 aromatic carbocycles. The van der Waals surface area contributed by atoms with Crippen LogP contribution in [0.2, 0.25) is 0 Å². The Morgan fingerprint density at radius 3 is 2.58 bits per heavy atom. The van der Waals surface area contributed by atoms with Crippen LogP contribution in [0.3, 0.4) is 0 Å². The molecule has 3 rings (SSSR count). The van der Waals surface area contributed by atoms with Crippen LogP contribution in [0.15, 0.2) is 28.7 Å². The largest absolute Gasteiger partial charge is 0.453 e. The summed E-state index contributed by atoms with van der Waals surface area (Å²) in [6.45, 7) is 5.10. The van der Waals surface area contributed by atoms with E-state index in [0.717, 1.165) is 37.1 Å². The highest BCUT2D eigenvalue weighted by Crippen LogP contribution is 2.19. The third-order valence-corrected chi connectivity index (χ3v) is 4.38. The van der Waals surface area contributed by atoms with Gasteiger partial charge in [0, 0.05) is 25.1 Å². The summed E-state index contributed by atoms with van der Waals surface area (Å²) in [5.74, 6) is 0.220. The normalized spacial score (nSPS) is 15.1. The average molecular weight is 357 g/mol. The molecule has 1 atom stereocenters. The Hall–Kier alpha value is -2.70. The van der Waals surface area contributed by atoms with Crippen LogP contribution in [0.1, 0.15) is 37.6 Å². The van der Waals surface area contributed by atoms with E-state index in [9.17, 15) is 9.59 Å². The zero-order chi connectivity index (χ0) is 18.5. The van der Waals surface area contributed by atoms with Gasteiger partial charge >= 0.3 is 5.97 Å². The number of ether oxygens (including phenoxy) is 1. The highest BCUT2D eigenvalue weighted by atomic mass is 16.5. The summed E-state index contributed by atoms with van der Waals surface area (Å²) >= 11 is 0. The van der Waals surface area contributed by atoms with Crippen LogP contribution >= 0.6 is 0 Å². The fraction of sp³-hybridized carbons (Fsp3) is 0.474. The summed E-state index contributed by atoms with van der Waals surface area (Å²) in [6, 6.07) is 7.75. The standard InChI is InChI=1S/C19H23N3O4/c1-13-5-7-15(8-6-13)18-21-20-16(26-18)9-10-17(23)25-14(2)19(24)22-11-3-4-12-22/h5-8,14H,3-4,9-12H2,1-2H3. The average Bonchev–Trinajstić information content (AvgIpc) is 3.32. The van der Waals surface area contributed by atoms with Crippen LogP contribution in [0.5, 0.6) is 0 Å². The summed E-state index contributed by atoms with van der Waals surface area (Å²) in [7, 11) is 0. The predicted molar refractivity (Wildman–Crippen MR) is 94.2 cm³/mol. The number of esters is 1. The van der Waals surface area contributed by atoms with Crippen LogP contribution in [-0.2, 0) is 20.7 Å². The maximum absolute atomic E-state index is 12.1. The lowest BCUT2D eigenvalue weighted by Crippen LogP contribution is -2.38. The van der Waals surface area contributed by atoms with E-state index in [-0.39, 0.29) is 18.7 Å². The minimum absolute atomic E-state index is 0.0904. The highest BCUT2D eigenvalue weighted by Gasteiger charge is 2.26. The molecule has 2 aromatic rings. The van der Waals surface area contributed by atoms with Gasteiger partial charge in [0.25, 0.3) is 5.91 Å². The molecule has 1 aliphatic rings. The molecule has 1 aromatic heterocycles. The number of rotatable bonds is 6. The molecule has 7 nitrogen and oxygen atoms in total. The van der Waals surface area contributed by atoms with Crippen LogP contribution in [0, 0.1) is 6.92 Å². The van der Waals surface area contributed by atoms with Crippen molar-refractivity contribution in [1.29, 1.82) is 0 Å². The van der Waals surface area contributed by atoms with Gasteiger partial charge in [0.15, 0.2) is 6.10 Å². The lowest BCUT2D eigenvalue weighted by atomic mass is 10.1. The number of hydrogen-bond donors (Lipinski definition) is 0. The molecular formula is C19H23N3O4. The van der Waals surface area contributed by atoms with E-state index in [2.05, 4.69) is 10.2 Å². The van der Waals surface area contributed by atoms with Gasteiger partial charge in [-0.15, -0.1) is 10.2 Å². The number of likely N-dealkylation sites (tertiary alicyclic amines) is 1. The molecule has 1 unspecified atom stereocenters. The van der Waals surface area contributed by atoms with E-state index in [4.69, 9.17) is 9.15 Å². The van der Waals surface area contributed by atoms with Gasteiger partial charge in [0.1, 0.15) is 0 Å². The number of amides is 1. The van der Waals surface area contributed by atoms with Gasteiger partial charge in [-0.3, -0.25) is 9.59 Å². The van der Waals surface area contributed by atoms with Gasteiger partial charge in [0.05, 0.1) is 6.42 Å². The number of hydrogen-bond acceptors (Lipinski definition) is 6. The Kier molecular flexibility index (Phi) is 5.65. The van der Waals surface area contributed by atoms with Crippen LogP contribution in [-0.4, -0.2) is 46.2 Å². The zero-order valence-corrected chi connectivity index (χ0v) is 15.1.